The zero-order valence-electron chi connectivity index (χ0n) is 12.0. The van der Waals surface area contributed by atoms with Crippen molar-refractivity contribution in [1.82, 2.24) is 4.90 Å². The van der Waals surface area contributed by atoms with Crippen LogP contribution in [0.3, 0.4) is 0 Å². The van der Waals surface area contributed by atoms with E-state index >= 15 is 0 Å². The second kappa shape index (κ2) is 6.88. The molecule has 0 atom stereocenters. The first kappa shape index (κ1) is 18.8. The average Bonchev–Trinajstić information content (AvgIpc) is 2.38. The number of carbonyl (C=O) groups is 3. The molecule has 22 heavy (non-hydrogen) atoms. The molecule has 1 N–H and O–H groups in total. The number of nitrogens with zero attached hydrogens (tertiary/aromatic N) is 2. The first-order valence-corrected chi connectivity index (χ1v) is 7.44. The summed E-state index contributed by atoms with van der Waals surface area (Å²) in [5, 5.41) is 0. The number of amides is 4. The van der Waals surface area contributed by atoms with Crippen LogP contribution in [0.15, 0.2) is 29.2 Å². The summed E-state index contributed by atoms with van der Waals surface area (Å²) in [5.41, 5.74) is 0.128. The Balaban J connectivity index is 0.00000242. The Bertz CT molecular complexity index is 716. The molecule has 0 spiro atoms. The first-order valence-electron chi connectivity index (χ1n) is 6.00. The van der Waals surface area contributed by atoms with Crippen LogP contribution in [0.2, 0.25) is 0 Å². The van der Waals surface area contributed by atoms with Gasteiger partial charge in [0.15, 0.2) is 0 Å². The van der Waals surface area contributed by atoms with E-state index in [9.17, 15) is 22.8 Å². The summed E-state index contributed by atoms with van der Waals surface area (Å²) in [7, 11) is -4.35. The molecule has 1 aromatic rings. The first-order chi connectivity index (χ1) is 9.75. The minimum Gasteiger partial charge on any atom is -0.282 e. The van der Waals surface area contributed by atoms with E-state index in [4.69, 9.17) is 4.55 Å². The zero-order chi connectivity index (χ0) is 15.8. The van der Waals surface area contributed by atoms with Crippen LogP contribution in [-0.4, -0.2) is 71.8 Å². The molecule has 1 heterocycles. The fourth-order valence-electron chi connectivity index (χ4n) is 1.97. The van der Waals surface area contributed by atoms with Gasteiger partial charge in [0, 0.05) is 36.1 Å². The van der Waals surface area contributed by atoms with Crippen molar-refractivity contribution >= 4 is 63.2 Å². The third-order valence-electron chi connectivity index (χ3n) is 2.98. The average molecular weight is 335 g/mol. The normalized spacial score (nSPS) is 15.8. The number of anilines is 1. The van der Waals surface area contributed by atoms with Gasteiger partial charge >= 0.3 is 6.03 Å². The summed E-state index contributed by atoms with van der Waals surface area (Å²) >= 11 is 0. The molecule has 0 unspecified atom stereocenters. The molecular formula is C12H12N2NaO6S. The van der Waals surface area contributed by atoms with Crippen molar-refractivity contribution in [3.05, 3.63) is 24.3 Å². The Morgan fingerprint density at radius 1 is 1.09 bits per heavy atom. The van der Waals surface area contributed by atoms with Crippen molar-refractivity contribution in [1.29, 1.82) is 0 Å². The molecule has 2 rings (SSSR count). The fourth-order valence-corrected chi connectivity index (χ4v) is 2.45. The largest absolute Gasteiger partial charge is 0.338 e. The van der Waals surface area contributed by atoms with E-state index < -0.39 is 34.4 Å². The summed E-state index contributed by atoms with van der Waals surface area (Å²) in [6.45, 7) is 1.73. The number of rotatable bonds is 3. The molecule has 0 saturated carbocycles. The topological polar surface area (TPSA) is 112 Å². The van der Waals surface area contributed by atoms with Gasteiger partial charge in [0.05, 0.1) is 10.6 Å². The predicted octanol–water partition coefficient (Wildman–Crippen LogP) is 0.258. The molecule has 113 valence electrons. The number of carbonyl (C=O) groups excluding carboxylic acids is 3. The molecule has 10 heteroatoms. The quantitative estimate of drug-likeness (QED) is 0.482. The van der Waals surface area contributed by atoms with Gasteiger partial charge in [-0.15, -0.1) is 0 Å². The number of hydrogen-bond acceptors (Lipinski definition) is 5. The van der Waals surface area contributed by atoms with E-state index in [1.807, 2.05) is 0 Å². The van der Waals surface area contributed by atoms with Crippen molar-refractivity contribution in [3.63, 3.8) is 0 Å². The van der Waals surface area contributed by atoms with Crippen LogP contribution < -0.4 is 4.90 Å². The van der Waals surface area contributed by atoms with Crippen molar-refractivity contribution in [2.45, 2.75) is 18.2 Å². The van der Waals surface area contributed by atoms with Gasteiger partial charge < -0.3 is 0 Å². The van der Waals surface area contributed by atoms with Gasteiger partial charge in [-0.25, -0.2) is 9.69 Å². The van der Waals surface area contributed by atoms with Gasteiger partial charge in [-0.2, -0.15) is 8.42 Å². The predicted molar refractivity (Wildman–Crippen MR) is 76.9 cm³/mol. The van der Waals surface area contributed by atoms with Crippen LogP contribution in [0.5, 0.6) is 0 Å². The minimum atomic E-state index is -4.35. The van der Waals surface area contributed by atoms with Gasteiger partial charge in [-0.05, 0) is 31.2 Å². The molecule has 8 nitrogen and oxygen atoms in total. The van der Waals surface area contributed by atoms with Crippen molar-refractivity contribution < 1.29 is 27.4 Å². The fraction of sp³-hybridized carbons (Fsp3) is 0.250. The Morgan fingerprint density at radius 3 is 2.09 bits per heavy atom. The molecule has 1 aliphatic heterocycles. The molecule has 1 saturated heterocycles. The molecular weight excluding hydrogens is 323 g/mol. The molecule has 0 aliphatic carbocycles. The molecule has 1 aromatic carbocycles. The number of imide groups is 2. The van der Waals surface area contributed by atoms with Gasteiger partial charge in [0.1, 0.15) is 6.42 Å². The number of urea groups is 1. The second-order valence-corrected chi connectivity index (χ2v) is 5.72. The van der Waals surface area contributed by atoms with Crippen molar-refractivity contribution in [2.24, 2.45) is 0 Å². The van der Waals surface area contributed by atoms with Crippen LogP contribution >= 0.6 is 0 Å². The van der Waals surface area contributed by atoms with Crippen molar-refractivity contribution in [2.75, 3.05) is 11.4 Å². The molecule has 1 radical (unpaired) electrons. The molecule has 0 aromatic heterocycles. The molecule has 0 bridgehead atoms. The van der Waals surface area contributed by atoms with E-state index in [0.717, 1.165) is 21.9 Å². The molecule has 4 amide bonds. The van der Waals surface area contributed by atoms with E-state index in [1.54, 1.807) is 6.92 Å². The number of barbiturate groups is 1. The van der Waals surface area contributed by atoms with Crippen molar-refractivity contribution in [3.8, 4) is 0 Å². The minimum absolute atomic E-state index is 0. The Morgan fingerprint density at radius 2 is 1.64 bits per heavy atom. The maximum absolute atomic E-state index is 12.1. The van der Waals surface area contributed by atoms with E-state index in [-0.39, 0.29) is 46.7 Å². The van der Waals surface area contributed by atoms with E-state index in [1.165, 1.54) is 12.1 Å². The smallest absolute Gasteiger partial charge is 0.282 e. The van der Waals surface area contributed by atoms with Crippen LogP contribution in [0.4, 0.5) is 10.5 Å². The zero-order valence-corrected chi connectivity index (χ0v) is 14.8. The van der Waals surface area contributed by atoms with Gasteiger partial charge in [0.25, 0.3) is 10.1 Å². The van der Waals surface area contributed by atoms with Gasteiger partial charge in [-0.1, -0.05) is 0 Å². The van der Waals surface area contributed by atoms with Crippen LogP contribution in [0, 0.1) is 0 Å². The maximum atomic E-state index is 12.1. The van der Waals surface area contributed by atoms with E-state index in [2.05, 4.69) is 0 Å². The molecule has 1 aliphatic rings. The second-order valence-electron chi connectivity index (χ2n) is 4.30. The monoisotopic (exact) mass is 335 g/mol. The third kappa shape index (κ3) is 3.55. The van der Waals surface area contributed by atoms with Crippen LogP contribution in [0.1, 0.15) is 13.3 Å². The Labute approximate surface area is 149 Å². The summed E-state index contributed by atoms with van der Waals surface area (Å²) < 4.78 is 30.8. The van der Waals surface area contributed by atoms with Gasteiger partial charge in [-0.3, -0.25) is 19.0 Å². The molecule has 1 fully saturated rings. The summed E-state index contributed by atoms with van der Waals surface area (Å²) in [5.74, 6) is -1.26. The Kier molecular flexibility index (Phi) is 5.88. The van der Waals surface area contributed by atoms with Gasteiger partial charge in [0.2, 0.25) is 11.8 Å². The maximum Gasteiger partial charge on any atom is 0.338 e. The number of benzene rings is 1. The summed E-state index contributed by atoms with van der Waals surface area (Å²) in [4.78, 5) is 36.9. The van der Waals surface area contributed by atoms with E-state index in [0.29, 0.717) is 0 Å². The summed E-state index contributed by atoms with van der Waals surface area (Å²) in [6, 6.07) is 3.78. The standard InChI is InChI=1S/C12H12N2O6S.Na/c1-2-13-10(15)7-11(16)14(12(13)17)8-3-5-9(6-4-8)21(18,19)20;/h3-6H,2,7H2,1H3,(H,18,19,20);. The van der Waals surface area contributed by atoms with Crippen LogP contribution in [-0.2, 0) is 19.7 Å². The van der Waals surface area contributed by atoms with Crippen LogP contribution in [0.25, 0.3) is 0 Å². The third-order valence-corrected chi connectivity index (χ3v) is 3.85. The summed E-state index contributed by atoms with van der Waals surface area (Å²) in [6.07, 6.45) is -0.431. The number of hydrogen-bond donors (Lipinski definition) is 1. The SMILES string of the molecule is CCN1C(=O)CC(=O)N(c2ccc(S(=O)(=O)O)cc2)C1=O.[Na]. The Hall–Kier alpha value is -1.26.